The summed E-state index contributed by atoms with van der Waals surface area (Å²) in [6.45, 7) is 5.20. The Morgan fingerprint density at radius 2 is 1.55 bits per heavy atom. The number of carbonyl (C=O) groups is 2. The van der Waals surface area contributed by atoms with Gasteiger partial charge in [0, 0.05) is 20.5 Å². The van der Waals surface area contributed by atoms with E-state index < -0.39 is 0 Å². The molecule has 0 saturated heterocycles. The van der Waals surface area contributed by atoms with Gasteiger partial charge in [0.15, 0.2) is 0 Å². The Balaban J connectivity index is 2.79. The highest BCUT2D eigenvalue weighted by atomic mass is 16.5. The van der Waals surface area contributed by atoms with Gasteiger partial charge in [-0.3, -0.25) is 9.59 Å². The third kappa shape index (κ3) is 13.7. The molecular weight excluding hydrogens is 416 g/mol. The molecule has 0 amide bonds. The number of hydrogen-bond acceptors (Lipinski definition) is 5. The lowest BCUT2D eigenvalue weighted by atomic mass is 9.98. The van der Waals surface area contributed by atoms with Crippen molar-refractivity contribution in [1.82, 2.24) is 0 Å². The van der Waals surface area contributed by atoms with E-state index >= 15 is 0 Å². The number of esters is 2. The smallest absolute Gasteiger partial charge is 0.303 e. The molecule has 0 aliphatic carbocycles. The number of allylic oxidation sites excluding steroid dienone is 2. The third-order valence-electron chi connectivity index (χ3n) is 5.40. The van der Waals surface area contributed by atoms with Crippen molar-refractivity contribution >= 4 is 18.0 Å². The zero-order chi connectivity index (χ0) is 24.3. The van der Waals surface area contributed by atoms with Crippen molar-refractivity contribution in [2.24, 2.45) is 0 Å². The topological polar surface area (TPSA) is 72.8 Å². The second-order valence-corrected chi connectivity index (χ2v) is 8.39. The lowest BCUT2D eigenvalue weighted by Gasteiger charge is -2.19. The average Bonchev–Trinajstić information content (AvgIpc) is 2.78. The highest BCUT2D eigenvalue weighted by molar-refractivity contribution is 5.67. The molecule has 0 bridgehead atoms. The summed E-state index contributed by atoms with van der Waals surface area (Å²) >= 11 is 0. The molecule has 0 spiro atoms. The van der Waals surface area contributed by atoms with Gasteiger partial charge in [0.1, 0.15) is 12.2 Å². The van der Waals surface area contributed by atoms with Crippen molar-refractivity contribution in [3.8, 4) is 0 Å². The lowest BCUT2D eigenvalue weighted by molar-refractivity contribution is -0.147. The van der Waals surface area contributed by atoms with Crippen LogP contribution in [0.2, 0.25) is 0 Å². The van der Waals surface area contributed by atoms with Crippen molar-refractivity contribution in [1.29, 1.82) is 0 Å². The number of ether oxygens (including phenoxy) is 2. The minimum atomic E-state index is -0.347. The fraction of sp³-hybridized carbons (Fsp3) is 0.571. The van der Waals surface area contributed by atoms with E-state index in [1.54, 1.807) is 0 Å². The molecule has 0 aliphatic heterocycles. The Labute approximate surface area is 199 Å². The van der Waals surface area contributed by atoms with Crippen LogP contribution in [-0.2, 0) is 19.1 Å². The summed E-state index contributed by atoms with van der Waals surface area (Å²) in [5, 5.41) is 9.07. The highest BCUT2D eigenvalue weighted by Crippen LogP contribution is 2.28. The normalized spacial score (nSPS) is 13.3. The molecule has 1 aromatic rings. The predicted octanol–water partition coefficient (Wildman–Crippen LogP) is 6.71. The maximum atomic E-state index is 11.6. The summed E-state index contributed by atoms with van der Waals surface area (Å²) < 4.78 is 11.0. The minimum Gasteiger partial charge on any atom is -0.458 e. The fourth-order valence-electron chi connectivity index (χ4n) is 3.76. The summed E-state index contributed by atoms with van der Waals surface area (Å²) in [4.78, 5) is 23.1. The molecular formula is C28H42O5. The molecule has 0 aromatic heterocycles. The molecule has 1 N–H and O–H groups in total. The van der Waals surface area contributed by atoms with Crippen LogP contribution in [0.15, 0.2) is 42.5 Å². The molecule has 0 unspecified atom stereocenters. The molecule has 5 heteroatoms. The van der Waals surface area contributed by atoms with Crippen LogP contribution in [0.5, 0.6) is 0 Å². The van der Waals surface area contributed by atoms with Crippen molar-refractivity contribution < 1.29 is 24.2 Å². The van der Waals surface area contributed by atoms with Crippen LogP contribution < -0.4 is 0 Å². The van der Waals surface area contributed by atoms with E-state index in [9.17, 15) is 9.59 Å². The summed E-state index contributed by atoms with van der Waals surface area (Å²) in [6, 6.07) is 7.84. The van der Waals surface area contributed by atoms with Gasteiger partial charge in [0.05, 0.1) is 0 Å². The zero-order valence-electron chi connectivity index (χ0n) is 20.6. The van der Waals surface area contributed by atoms with E-state index in [1.165, 1.54) is 39.5 Å². The first-order valence-electron chi connectivity index (χ1n) is 12.4. The van der Waals surface area contributed by atoms with E-state index in [4.69, 9.17) is 14.6 Å². The number of benzene rings is 1. The molecule has 0 heterocycles. The van der Waals surface area contributed by atoms with Crippen molar-refractivity contribution in [2.75, 3.05) is 6.61 Å². The van der Waals surface area contributed by atoms with Gasteiger partial charge in [-0.25, -0.2) is 0 Å². The van der Waals surface area contributed by atoms with Gasteiger partial charge in [-0.2, -0.15) is 0 Å². The Morgan fingerprint density at radius 3 is 2.24 bits per heavy atom. The van der Waals surface area contributed by atoms with E-state index in [1.807, 2.05) is 48.6 Å². The van der Waals surface area contributed by atoms with Crippen LogP contribution in [0.25, 0.3) is 6.08 Å². The van der Waals surface area contributed by atoms with Gasteiger partial charge in [-0.05, 0) is 49.3 Å². The van der Waals surface area contributed by atoms with Crippen LogP contribution in [0.1, 0.15) is 102 Å². The maximum absolute atomic E-state index is 11.6. The van der Waals surface area contributed by atoms with E-state index in [2.05, 4.69) is 6.92 Å². The standard InChI is InChI=1S/C28H42O5/c1-4-5-6-7-8-9-18-26(32-23(2)30)19-12-10-16-25-17-11-13-20-27(25)28(33-24(3)31)21-14-15-22-29/h10-13,16-17,19-20,26,28-29H,4-9,14-15,18,21-22H2,1-3H3/b16-10+,19-12+/t26-,28-/m0/s1. The lowest BCUT2D eigenvalue weighted by Crippen LogP contribution is -2.13. The quantitative estimate of drug-likeness (QED) is 0.160. The SMILES string of the molecule is CCCCCCCC[C@@H](/C=C/C=C/c1ccccc1[C@H](CCCCO)OC(C)=O)OC(C)=O. The molecule has 5 nitrogen and oxygen atoms in total. The zero-order valence-corrected chi connectivity index (χ0v) is 20.6. The van der Waals surface area contributed by atoms with Gasteiger partial charge in [0.25, 0.3) is 0 Å². The van der Waals surface area contributed by atoms with Gasteiger partial charge >= 0.3 is 11.9 Å². The van der Waals surface area contributed by atoms with Crippen LogP contribution in [0, 0.1) is 0 Å². The molecule has 0 aliphatic rings. The van der Waals surface area contributed by atoms with Gasteiger partial charge in [-0.15, -0.1) is 0 Å². The Morgan fingerprint density at radius 1 is 0.879 bits per heavy atom. The largest absolute Gasteiger partial charge is 0.458 e. The molecule has 2 atom stereocenters. The molecule has 184 valence electrons. The maximum Gasteiger partial charge on any atom is 0.303 e. The van der Waals surface area contributed by atoms with Gasteiger partial charge in [-0.1, -0.05) is 81.5 Å². The van der Waals surface area contributed by atoms with Crippen molar-refractivity contribution in [2.45, 2.75) is 97.2 Å². The number of carbonyl (C=O) groups excluding carboxylic acids is 2. The number of aliphatic hydroxyl groups excluding tert-OH is 1. The second-order valence-electron chi connectivity index (χ2n) is 8.39. The van der Waals surface area contributed by atoms with Gasteiger partial charge < -0.3 is 14.6 Å². The second kappa shape index (κ2) is 18.1. The third-order valence-corrected chi connectivity index (χ3v) is 5.40. The average molecular weight is 459 g/mol. The van der Waals surface area contributed by atoms with E-state index in [0.29, 0.717) is 12.8 Å². The number of aliphatic hydroxyl groups is 1. The van der Waals surface area contributed by atoms with Crippen molar-refractivity contribution in [3.63, 3.8) is 0 Å². The van der Waals surface area contributed by atoms with Crippen LogP contribution in [-0.4, -0.2) is 29.8 Å². The predicted molar refractivity (Wildman–Crippen MR) is 134 cm³/mol. The summed E-state index contributed by atoms with van der Waals surface area (Å²) in [5.74, 6) is -0.585. The molecule has 1 aromatic carbocycles. The molecule has 0 radical (unpaired) electrons. The minimum absolute atomic E-state index is 0.126. The van der Waals surface area contributed by atoms with Crippen LogP contribution >= 0.6 is 0 Å². The Hall–Kier alpha value is -2.40. The van der Waals surface area contributed by atoms with Crippen LogP contribution in [0.3, 0.4) is 0 Å². The van der Waals surface area contributed by atoms with Crippen molar-refractivity contribution in [3.05, 3.63) is 53.6 Å². The Kier molecular flexibility index (Phi) is 15.7. The first-order chi connectivity index (χ1) is 16.0. The first-order valence-corrected chi connectivity index (χ1v) is 12.4. The summed E-state index contributed by atoms with van der Waals surface area (Å²) in [6.07, 6.45) is 17.3. The number of unbranched alkanes of at least 4 members (excludes halogenated alkanes) is 6. The Bertz CT molecular complexity index is 738. The van der Waals surface area contributed by atoms with E-state index in [-0.39, 0.29) is 30.8 Å². The monoisotopic (exact) mass is 458 g/mol. The molecule has 1 rings (SSSR count). The molecule has 0 saturated carbocycles. The highest BCUT2D eigenvalue weighted by Gasteiger charge is 2.17. The molecule has 33 heavy (non-hydrogen) atoms. The van der Waals surface area contributed by atoms with E-state index in [0.717, 1.165) is 36.8 Å². The first kappa shape index (κ1) is 28.6. The fourth-order valence-corrected chi connectivity index (χ4v) is 3.76. The number of hydrogen-bond donors (Lipinski definition) is 1. The number of rotatable bonds is 17. The van der Waals surface area contributed by atoms with Gasteiger partial charge in [0.2, 0.25) is 0 Å². The molecule has 0 fully saturated rings. The summed E-state index contributed by atoms with van der Waals surface area (Å²) in [7, 11) is 0. The van der Waals surface area contributed by atoms with Crippen LogP contribution in [0.4, 0.5) is 0 Å². The summed E-state index contributed by atoms with van der Waals surface area (Å²) in [5.41, 5.74) is 1.91.